The Morgan fingerprint density at radius 2 is 1.38 bits per heavy atom. The second kappa shape index (κ2) is 7.32. The Hall–Kier alpha value is -1.74. The molecule has 0 aromatic heterocycles. The van der Waals surface area contributed by atoms with Crippen LogP contribution in [0, 0.1) is 13.8 Å². The second-order valence-electron chi connectivity index (χ2n) is 4.82. The van der Waals surface area contributed by atoms with Gasteiger partial charge in [0.05, 0.1) is 0 Å². The molecule has 0 saturated carbocycles. The van der Waals surface area contributed by atoms with E-state index in [0.29, 0.717) is 0 Å². The molecule has 0 spiro atoms. The Kier molecular flexibility index (Phi) is 5.45. The molecule has 1 aliphatic rings. The van der Waals surface area contributed by atoms with Crippen molar-refractivity contribution >= 4 is 16.8 Å². The fourth-order valence-corrected chi connectivity index (χ4v) is 2.99. The first-order valence-corrected chi connectivity index (χ1v) is 8.24. The molecule has 0 saturated heterocycles. The molecular formula is C18H22N2S. The van der Waals surface area contributed by atoms with Gasteiger partial charge in [-0.1, -0.05) is 85.3 Å². The lowest BCUT2D eigenvalue weighted by molar-refractivity contribution is 0.743. The highest BCUT2D eigenvalue weighted by Crippen LogP contribution is 2.34. The molecule has 110 valence electrons. The second-order valence-corrected chi connectivity index (χ2v) is 5.91. The Morgan fingerprint density at radius 3 is 1.95 bits per heavy atom. The Bertz CT molecular complexity index is 600. The van der Waals surface area contributed by atoms with Gasteiger partial charge < -0.3 is 0 Å². The van der Waals surface area contributed by atoms with Gasteiger partial charge in [-0.3, -0.25) is 5.43 Å². The van der Waals surface area contributed by atoms with E-state index in [4.69, 9.17) is 0 Å². The van der Waals surface area contributed by atoms with Crippen molar-refractivity contribution in [3.05, 3.63) is 70.8 Å². The van der Waals surface area contributed by atoms with Gasteiger partial charge in [0, 0.05) is 5.56 Å². The number of nitrogens with one attached hydrogen (secondary N) is 1. The van der Waals surface area contributed by atoms with E-state index >= 15 is 0 Å². The van der Waals surface area contributed by atoms with Crippen LogP contribution in [0.4, 0.5) is 0 Å². The van der Waals surface area contributed by atoms with E-state index in [1.54, 1.807) is 11.8 Å². The van der Waals surface area contributed by atoms with E-state index in [1.165, 1.54) is 22.3 Å². The van der Waals surface area contributed by atoms with Crippen LogP contribution in [0.25, 0.3) is 0 Å². The third-order valence-corrected chi connectivity index (χ3v) is 4.35. The first kappa shape index (κ1) is 15.6. The van der Waals surface area contributed by atoms with Crippen molar-refractivity contribution in [2.45, 2.75) is 33.1 Å². The van der Waals surface area contributed by atoms with Gasteiger partial charge in [0.1, 0.15) is 10.4 Å². The van der Waals surface area contributed by atoms with Crippen molar-refractivity contribution in [1.29, 1.82) is 0 Å². The van der Waals surface area contributed by atoms with Crippen molar-refractivity contribution in [2.24, 2.45) is 5.10 Å². The maximum Gasteiger partial charge on any atom is 0.126 e. The van der Waals surface area contributed by atoms with Gasteiger partial charge >= 0.3 is 0 Å². The smallest absolute Gasteiger partial charge is 0.126 e. The van der Waals surface area contributed by atoms with Gasteiger partial charge in [0.15, 0.2) is 0 Å². The number of hydrazone groups is 1. The quantitative estimate of drug-likeness (QED) is 0.841. The van der Waals surface area contributed by atoms with Crippen LogP contribution >= 0.6 is 11.8 Å². The minimum atomic E-state index is 0.219. The summed E-state index contributed by atoms with van der Waals surface area (Å²) in [5, 5.41) is 5.73. The van der Waals surface area contributed by atoms with Gasteiger partial charge in [0.2, 0.25) is 0 Å². The van der Waals surface area contributed by atoms with E-state index in [2.05, 4.69) is 72.9 Å². The highest BCUT2D eigenvalue weighted by molar-refractivity contribution is 8.14. The first-order valence-electron chi connectivity index (χ1n) is 7.36. The molecule has 1 unspecified atom stereocenters. The minimum Gasteiger partial charge on any atom is -0.291 e. The normalized spacial score (nSPS) is 16.6. The lowest BCUT2D eigenvalue weighted by Crippen LogP contribution is -2.06. The van der Waals surface area contributed by atoms with E-state index in [0.717, 1.165) is 5.04 Å². The van der Waals surface area contributed by atoms with Crippen LogP contribution in [0.1, 0.15) is 41.5 Å². The van der Waals surface area contributed by atoms with Gasteiger partial charge in [0.25, 0.3) is 0 Å². The van der Waals surface area contributed by atoms with E-state index in [1.807, 2.05) is 13.8 Å². The summed E-state index contributed by atoms with van der Waals surface area (Å²) in [6, 6.07) is 17.1. The monoisotopic (exact) mass is 298 g/mol. The molecule has 1 N–H and O–H groups in total. The average Bonchev–Trinajstić information content (AvgIpc) is 3.01. The zero-order valence-corrected chi connectivity index (χ0v) is 13.9. The molecule has 2 aromatic rings. The van der Waals surface area contributed by atoms with Crippen molar-refractivity contribution in [1.82, 2.24) is 5.43 Å². The summed E-state index contributed by atoms with van der Waals surface area (Å²) in [6.07, 6.45) is 0. The number of aryl methyl sites for hydroxylation is 2. The maximum absolute atomic E-state index is 4.45. The average molecular weight is 298 g/mol. The van der Waals surface area contributed by atoms with Gasteiger partial charge in [-0.15, -0.1) is 0 Å². The van der Waals surface area contributed by atoms with Crippen LogP contribution in [0.5, 0.6) is 0 Å². The van der Waals surface area contributed by atoms with Crippen LogP contribution in [0.15, 0.2) is 53.6 Å². The Morgan fingerprint density at radius 1 is 0.857 bits per heavy atom. The number of thioether (sulfide) groups is 1. The number of hydrogen-bond donors (Lipinski definition) is 1. The molecule has 3 rings (SSSR count). The molecule has 3 heteroatoms. The zero-order chi connectivity index (χ0) is 15.2. The molecule has 1 atom stereocenters. The summed E-state index contributed by atoms with van der Waals surface area (Å²) in [7, 11) is 0. The number of hydrogen-bond acceptors (Lipinski definition) is 3. The lowest BCUT2D eigenvalue weighted by atomic mass is 10.1. The van der Waals surface area contributed by atoms with E-state index in [9.17, 15) is 0 Å². The minimum absolute atomic E-state index is 0.219. The zero-order valence-electron chi connectivity index (χ0n) is 13.1. The fraction of sp³-hybridized carbons (Fsp3) is 0.278. The van der Waals surface area contributed by atoms with Crippen LogP contribution in [0.3, 0.4) is 0 Å². The third kappa shape index (κ3) is 3.88. The largest absolute Gasteiger partial charge is 0.291 e. The molecule has 0 aliphatic carbocycles. The third-order valence-electron chi connectivity index (χ3n) is 3.19. The molecule has 2 nitrogen and oxygen atoms in total. The summed E-state index contributed by atoms with van der Waals surface area (Å²) in [5.74, 6) is 0. The summed E-state index contributed by atoms with van der Waals surface area (Å²) < 4.78 is 0. The summed E-state index contributed by atoms with van der Waals surface area (Å²) >= 11 is 1.77. The van der Waals surface area contributed by atoms with Gasteiger partial charge in [-0.05, 0) is 19.4 Å². The summed E-state index contributed by atoms with van der Waals surface area (Å²) in [6.45, 7) is 8.20. The molecule has 0 radical (unpaired) electrons. The molecule has 0 fully saturated rings. The van der Waals surface area contributed by atoms with Crippen LogP contribution in [-0.4, -0.2) is 5.04 Å². The Labute approximate surface area is 131 Å². The summed E-state index contributed by atoms with van der Waals surface area (Å²) in [4.78, 5) is 0. The number of benzene rings is 2. The fourth-order valence-electron chi connectivity index (χ4n) is 1.99. The molecule has 21 heavy (non-hydrogen) atoms. The van der Waals surface area contributed by atoms with E-state index in [-0.39, 0.29) is 5.37 Å². The molecule has 0 bridgehead atoms. The lowest BCUT2D eigenvalue weighted by Gasteiger charge is -2.09. The highest BCUT2D eigenvalue weighted by atomic mass is 32.2. The number of nitrogens with zero attached hydrogens (tertiary/aromatic N) is 1. The SMILES string of the molecule is CC.Cc1ccc(C2=NNC(c3ccc(C)cc3)S2)cc1. The standard InChI is InChI=1S/C16H16N2S.C2H6/c1-11-3-7-13(8-4-11)15-17-18-16(19-15)14-9-5-12(2)6-10-14;1-2/h3-10,15,17H,1-2H3;1-2H3. The molecule has 1 heterocycles. The van der Waals surface area contributed by atoms with Crippen molar-refractivity contribution < 1.29 is 0 Å². The van der Waals surface area contributed by atoms with Crippen molar-refractivity contribution in [3.8, 4) is 0 Å². The van der Waals surface area contributed by atoms with Gasteiger partial charge in [-0.25, -0.2) is 0 Å². The van der Waals surface area contributed by atoms with Crippen molar-refractivity contribution in [2.75, 3.05) is 0 Å². The predicted molar refractivity (Wildman–Crippen MR) is 93.7 cm³/mol. The van der Waals surface area contributed by atoms with E-state index < -0.39 is 0 Å². The Balaban J connectivity index is 0.000000774. The maximum atomic E-state index is 4.45. The number of rotatable bonds is 2. The summed E-state index contributed by atoms with van der Waals surface area (Å²) in [5.41, 5.74) is 8.21. The van der Waals surface area contributed by atoms with Crippen molar-refractivity contribution in [3.63, 3.8) is 0 Å². The topological polar surface area (TPSA) is 24.4 Å². The molecular weight excluding hydrogens is 276 g/mol. The molecule has 1 aliphatic heterocycles. The van der Waals surface area contributed by atoms with Crippen LogP contribution < -0.4 is 5.43 Å². The highest BCUT2D eigenvalue weighted by Gasteiger charge is 2.21. The molecule has 0 amide bonds. The van der Waals surface area contributed by atoms with Crippen LogP contribution in [-0.2, 0) is 0 Å². The van der Waals surface area contributed by atoms with Crippen LogP contribution in [0.2, 0.25) is 0 Å². The predicted octanol–water partition coefficient (Wildman–Crippen LogP) is 5.03. The van der Waals surface area contributed by atoms with Gasteiger partial charge in [-0.2, -0.15) is 5.10 Å². The first-order chi connectivity index (χ1) is 10.2. The molecule has 2 aromatic carbocycles.